The van der Waals surface area contributed by atoms with Crippen LogP contribution in [0, 0.1) is 0 Å². The molecule has 0 radical (unpaired) electrons. The summed E-state index contributed by atoms with van der Waals surface area (Å²) < 4.78 is 5.40. The van der Waals surface area contributed by atoms with E-state index in [2.05, 4.69) is 169 Å². The fraction of sp³-hybridized carbons (Fsp3) is 0. The standard InChI is InChI=1S/C44H27NS2/c1-2-9-28(10-3-1)29-17-20-32(21-18-29)45(39-16-8-13-30-11-4-6-14-34(30)39)33-22-24-38-41(27-33)46-40-26-25-37-36-23-19-31-12-5-7-15-35(31)43(36)47-44(37)42(38)40/h1-27H. The van der Waals surface area contributed by atoms with Gasteiger partial charge in [-0.2, -0.15) is 0 Å². The van der Waals surface area contributed by atoms with Crippen molar-refractivity contribution in [3.05, 3.63) is 164 Å². The molecule has 0 bridgehead atoms. The van der Waals surface area contributed by atoms with Crippen molar-refractivity contribution in [3.63, 3.8) is 0 Å². The fourth-order valence-electron chi connectivity index (χ4n) is 7.21. The van der Waals surface area contributed by atoms with Gasteiger partial charge in [0.15, 0.2) is 0 Å². The lowest BCUT2D eigenvalue weighted by Crippen LogP contribution is -2.10. The predicted molar refractivity (Wildman–Crippen MR) is 207 cm³/mol. The van der Waals surface area contributed by atoms with E-state index in [9.17, 15) is 0 Å². The molecule has 0 saturated heterocycles. The van der Waals surface area contributed by atoms with Gasteiger partial charge in [-0.25, -0.2) is 0 Å². The van der Waals surface area contributed by atoms with Crippen molar-refractivity contribution in [1.82, 2.24) is 0 Å². The minimum absolute atomic E-state index is 1.14. The number of anilines is 3. The fourth-order valence-corrected chi connectivity index (χ4v) is 9.82. The molecule has 2 aromatic heterocycles. The smallest absolute Gasteiger partial charge is 0.0540 e. The van der Waals surface area contributed by atoms with Crippen LogP contribution in [0.4, 0.5) is 17.1 Å². The molecule has 0 fully saturated rings. The Hall–Kier alpha value is -5.48. The normalized spacial score (nSPS) is 11.8. The van der Waals surface area contributed by atoms with Crippen molar-refractivity contribution in [1.29, 1.82) is 0 Å². The Labute approximate surface area is 280 Å². The van der Waals surface area contributed by atoms with Gasteiger partial charge in [0.1, 0.15) is 0 Å². The van der Waals surface area contributed by atoms with E-state index in [1.54, 1.807) is 0 Å². The van der Waals surface area contributed by atoms with E-state index in [1.165, 1.54) is 78.7 Å². The van der Waals surface area contributed by atoms with E-state index in [0.29, 0.717) is 0 Å². The summed E-state index contributed by atoms with van der Waals surface area (Å²) in [5, 5.41) is 10.5. The monoisotopic (exact) mass is 633 g/mol. The molecule has 0 unspecified atom stereocenters. The third-order valence-electron chi connectivity index (χ3n) is 9.45. The Kier molecular flexibility index (Phi) is 5.98. The SMILES string of the molecule is c1ccc(-c2ccc(N(c3ccc4c(c3)sc3ccc5c6ccc7ccccc7c6sc5c34)c3cccc4ccccc34)cc2)cc1. The summed E-state index contributed by atoms with van der Waals surface area (Å²) in [7, 11) is 0. The maximum atomic E-state index is 2.42. The summed E-state index contributed by atoms with van der Waals surface area (Å²) >= 11 is 3.84. The molecule has 2 heterocycles. The highest BCUT2D eigenvalue weighted by Gasteiger charge is 2.19. The molecular formula is C44H27NS2. The number of hydrogen-bond donors (Lipinski definition) is 0. The Morgan fingerprint density at radius 2 is 1.00 bits per heavy atom. The van der Waals surface area contributed by atoms with Crippen molar-refractivity contribution in [2.45, 2.75) is 0 Å². The van der Waals surface area contributed by atoms with E-state index in [-0.39, 0.29) is 0 Å². The van der Waals surface area contributed by atoms with Crippen LogP contribution in [-0.4, -0.2) is 0 Å². The second kappa shape index (κ2) is 10.5. The lowest BCUT2D eigenvalue weighted by Gasteiger charge is -2.27. The van der Waals surface area contributed by atoms with Crippen LogP contribution in [0.1, 0.15) is 0 Å². The van der Waals surface area contributed by atoms with Gasteiger partial charge in [0.25, 0.3) is 0 Å². The largest absolute Gasteiger partial charge is 0.310 e. The maximum absolute atomic E-state index is 2.42. The molecule has 0 aliphatic carbocycles. The van der Waals surface area contributed by atoms with Gasteiger partial charge < -0.3 is 4.90 Å². The molecule has 3 heteroatoms. The van der Waals surface area contributed by atoms with Gasteiger partial charge in [-0.15, -0.1) is 22.7 Å². The van der Waals surface area contributed by atoms with Crippen LogP contribution >= 0.6 is 22.7 Å². The highest BCUT2D eigenvalue weighted by atomic mass is 32.1. The van der Waals surface area contributed by atoms with Crippen molar-refractivity contribution in [2.75, 3.05) is 4.90 Å². The lowest BCUT2D eigenvalue weighted by molar-refractivity contribution is 1.30. The van der Waals surface area contributed by atoms with E-state index in [4.69, 9.17) is 0 Å². The average molecular weight is 634 g/mol. The molecule has 1 nitrogen and oxygen atoms in total. The third-order valence-corrected chi connectivity index (χ3v) is 11.8. The number of nitrogens with zero attached hydrogens (tertiary/aromatic N) is 1. The Bertz CT molecular complexity index is 2780. The minimum Gasteiger partial charge on any atom is -0.310 e. The van der Waals surface area contributed by atoms with E-state index in [1.807, 2.05) is 22.7 Å². The van der Waals surface area contributed by atoms with Crippen LogP contribution in [0.25, 0.3) is 73.0 Å². The molecule has 0 N–H and O–H groups in total. The van der Waals surface area contributed by atoms with E-state index < -0.39 is 0 Å². The van der Waals surface area contributed by atoms with E-state index in [0.717, 1.165) is 11.4 Å². The van der Waals surface area contributed by atoms with Gasteiger partial charge in [0, 0.05) is 57.1 Å². The first-order chi connectivity index (χ1) is 23.3. The summed E-state index contributed by atoms with van der Waals surface area (Å²) in [6.45, 7) is 0. The number of benzene rings is 8. The third kappa shape index (κ3) is 4.21. The zero-order chi connectivity index (χ0) is 30.9. The molecule has 0 spiro atoms. The summed E-state index contributed by atoms with van der Waals surface area (Å²) in [5.41, 5.74) is 5.91. The zero-order valence-electron chi connectivity index (χ0n) is 25.4. The number of rotatable bonds is 4. The van der Waals surface area contributed by atoms with Crippen LogP contribution in [0.2, 0.25) is 0 Å². The second-order valence-electron chi connectivity index (χ2n) is 12.1. The van der Waals surface area contributed by atoms with Gasteiger partial charge in [-0.3, -0.25) is 0 Å². The predicted octanol–water partition coefficient (Wildman–Crippen LogP) is 13.9. The number of hydrogen-bond acceptors (Lipinski definition) is 3. The lowest BCUT2D eigenvalue weighted by atomic mass is 10.0. The highest BCUT2D eigenvalue weighted by molar-refractivity contribution is 7.30. The zero-order valence-corrected chi connectivity index (χ0v) is 27.0. The first kappa shape index (κ1) is 26.7. The molecule has 10 rings (SSSR count). The molecule has 47 heavy (non-hydrogen) atoms. The van der Waals surface area contributed by atoms with Crippen molar-refractivity contribution in [2.24, 2.45) is 0 Å². The second-order valence-corrected chi connectivity index (χ2v) is 14.2. The van der Waals surface area contributed by atoms with Crippen LogP contribution in [0.3, 0.4) is 0 Å². The molecule has 0 amide bonds. The summed E-state index contributed by atoms with van der Waals surface area (Å²) in [6.07, 6.45) is 0. The van der Waals surface area contributed by atoms with E-state index >= 15 is 0 Å². The Balaban J connectivity index is 1.18. The van der Waals surface area contributed by atoms with Gasteiger partial charge >= 0.3 is 0 Å². The molecule has 0 aliphatic rings. The molecule has 0 aliphatic heterocycles. The molecule has 0 saturated carbocycles. The number of fused-ring (bicyclic) bond motifs is 10. The van der Waals surface area contributed by atoms with Crippen molar-refractivity contribution in [3.8, 4) is 11.1 Å². The topological polar surface area (TPSA) is 3.24 Å². The molecule has 0 atom stereocenters. The van der Waals surface area contributed by atoms with Gasteiger partial charge in [0.2, 0.25) is 0 Å². The van der Waals surface area contributed by atoms with Crippen LogP contribution in [-0.2, 0) is 0 Å². The minimum atomic E-state index is 1.14. The quantitative estimate of drug-likeness (QED) is 0.186. The van der Waals surface area contributed by atoms with Crippen molar-refractivity contribution < 1.29 is 0 Å². The summed E-state index contributed by atoms with van der Waals surface area (Å²) in [6, 6.07) is 59.9. The highest BCUT2D eigenvalue weighted by Crippen LogP contribution is 2.48. The number of thiophene rings is 2. The van der Waals surface area contributed by atoms with Crippen molar-refractivity contribution >= 4 is 102 Å². The molecule has 10 aromatic rings. The van der Waals surface area contributed by atoms with Gasteiger partial charge in [-0.1, -0.05) is 127 Å². The summed E-state index contributed by atoms with van der Waals surface area (Å²) in [4.78, 5) is 2.42. The van der Waals surface area contributed by atoms with Gasteiger partial charge in [0.05, 0.1) is 5.69 Å². The molecule has 220 valence electrons. The van der Waals surface area contributed by atoms with Crippen LogP contribution < -0.4 is 4.90 Å². The first-order valence-corrected chi connectivity index (χ1v) is 17.6. The molecule has 8 aromatic carbocycles. The van der Waals surface area contributed by atoms with Gasteiger partial charge in [-0.05, 0) is 63.7 Å². The molecular weight excluding hydrogens is 607 g/mol. The summed E-state index contributed by atoms with van der Waals surface area (Å²) in [5.74, 6) is 0. The van der Waals surface area contributed by atoms with Crippen LogP contribution in [0.5, 0.6) is 0 Å². The maximum Gasteiger partial charge on any atom is 0.0540 e. The average Bonchev–Trinajstić information content (AvgIpc) is 3.71. The Morgan fingerprint density at radius 1 is 0.362 bits per heavy atom. The Morgan fingerprint density at radius 3 is 1.85 bits per heavy atom. The first-order valence-electron chi connectivity index (χ1n) is 15.9. The van der Waals surface area contributed by atoms with Crippen LogP contribution in [0.15, 0.2) is 164 Å².